The Morgan fingerprint density at radius 2 is 1.94 bits per heavy atom. The fourth-order valence-corrected chi connectivity index (χ4v) is 4.11. The van der Waals surface area contributed by atoms with Crippen molar-refractivity contribution in [1.29, 1.82) is 5.26 Å². The number of hydrogen-bond donors (Lipinski definition) is 2. The molecular formula is C24H27N3O5. The Hall–Kier alpha value is -3.44. The minimum atomic E-state index is -0.564. The third kappa shape index (κ3) is 4.73. The highest BCUT2D eigenvalue weighted by molar-refractivity contribution is 5.68. The molecule has 0 aliphatic carbocycles. The van der Waals surface area contributed by atoms with Crippen molar-refractivity contribution in [2.24, 2.45) is 0 Å². The van der Waals surface area contributed by atoms with E-state index in [2.05, 4.69) is 16.3 Å². The number of amides is 1. The lowest BCUT2D eigenvalue weighted by Crippen LogP contribution is -2.41. The van der Waals surface area contributed by atoms with Crippen molar-refractivity contribution < 1.29 is 24.1 Å². The summed E-state index contributed by atoms with van der Waals surface area (Å²) in [5, 5.41) is 22.9. The number of benzene rings is 2. The maximum absolute atomic E-state index is 12.2. The van der Waals surface area contributed by atoms with Crippen LogP contribution < -0.4 is 14.8 Å². The summed E-state index contributed by atoms with van der Waals surface area (Å²) in [6.45, 7) is 6.90. The van der Waals surface area contributed by atoms with Gasteiger partial charge in [-0.05, 0) is 51.0 Å². The van der Waals surface area contributed by atoms with Gasteiger partial charge in [-0.3, -0.25) is 4.90 Å². The SMILES string of the molecule is CC(C)(C)OC(=O)N[C@@H]1CCN(C(c2ccc(C#N)cc2)c2cc3c(cc2O)OCO3)C1. The molecule has 2 aliphatic heterocycles. The highest BCUT2D eigenvalue weighted by atomic mass is 16.7. The fraction of sp³-hybridized carbons (Fsp3) is 0.417. The smallest absolute Gasteiger partial charge is 0.407 e. The predicted molar refractivity (Wildman–Crippen MR) is 117 cm³/mol. The van der Waals surface area contributed by atoms with Crippen LogP contribution in [0.3, 0.4) is 0 Å². The summed E-state index contributed by atoms with van der Waals surface area (Å²) in [6, 6.07) is 12.4. The van der Waals surface area contributed by atoms with E-state index in [4.69, 9.17) is 19.5 Å². The number of carbonyl (C=O) groups excluding carboxylic acids is 1. The van der Waals surface area contributed by atoms with E-state index in [-0.39, 0.29) is 24.6 Å². The molecule has 1 unspecified atom stereocenters. The lowest BCUT2D eigenvalue weighted by atomic mass is 9.95. The summed E-state index contributed by atoms with van der Waals surface area (Å²) in [5.74, 6) is 1.20. The average Bonchev–Trinajstić information content (AvgIpc) is 3.36. The second kappa shape index (κ2) is 8.60. The maximum atomic E-state index is 12.2. The fourth-order valence-electron chi connectivity index (χ4n) is 4.11. The van der Waals surface area contributed by atoms with Gasteiger partial charge in [-0.25, -0.2) is 4.79 Å². The minimum absolute atomic E-state index is 0.0816. The Morgan fingerprint density at radius 1 is 1.25 bits per heavy atom. The Balaban J connectivity index is 1.61. The van der Waals surface area contributed by atoms with Gasteiger partial charge in [0.2, 0.25) is 6.79 Å². The number of nitrogens with zero attached hydrogens (tertiary/aromatic N) is 2. The number of fused-ring (bicyclic) bond motifs is 1. The summed E-state index contributed by atoms with van der Waals surface area (Å²) in [7, 11) is 0. The zero-order valence-corrected chi connectivity index (χ0v) is 18.4. The Kier molecular flexibility index (Phi) is 5.85. The van der Waals surface area contributed by atoms with Crippen LogP contribution in [-0.4, -0.2) is 47.6 Å². The molecule has 168 valence electrons. The van der Waals surface area contributed by atoms with Gasteiger partial charge in [-0.15, -0.1) is 0 Å². The molecule has 2 aromatic carbocycles. The van der Waals surface area contributed by atoms with Gasteiger partial charge in [-0.2, -0.15) is 5.26 Å². The monoisotopic (exact) mass is 437 g/mol. The number of likely N-dealkylation sites (tertiary alicyclic amines) is 1. The van der Waals surface area contributed by atoms with Crippen LogP contribution in [0.5, 0.6) is 17.2 Å². The molecule has 0 aromatic heterocycles. The second-order valence-corrected chi connectivity index (χ2v) is 9.03. The topological polar surface area (TPSA) is 104 Å². The zero-order valence-electron chi connectivity index (χ0n) is 18.4. The van der Waals surface area contributed by atoms with Gasteiger partial charge in [0.1, 0.15) is 11.4 Å². The summed E-state index contributed by atoms with van der Waals surface area (Å²) < 4.78 is 16.3. The standard InChI is InChI=1S/C24H27N3O5/c1-24(2,3)32-23(29)26-17-8-9-27(13-17)22(16-6-4-15(12-25)5-7-16)18-10-20-21(11-19(18)28)31-14-30-20/h4-7,10-11,17,22,28H,8-9,13-14H2,1-3H3,(H,26,29)/t17-,22?/m1/s1. The van der Waals surface area contributed by atoms with Crippen LogP contribution in [0.2, 0.25) is 0 Å². The number of ether oxygens (including phenoxy) is 3. The molecule has 2 aromatic rings. The van der Waals surface area contributed by atoms with Crippen LogP contribution in [0, 0.1) is 11.3 Å². The Morgan fingerprint density at radius 3 is 2.59 bits per heavy atom. The molecule has 2 heterocycles. The van der Waals surface area contributed by atoms with Crippen LogP contribution in [0.1, 0.15) is 49.9 Å². The van der Waals surface area contributed by atoms with Gasteiger partial charge >= 0.3 is 6.09 Å². The average molecular weight is 437 g/mol. The minimum Gasteiger partial charge on any atom is -0.507 e. The van der Waals surface area contributed by atoms with Crippen molar-refractivity contribution in [3.63, 3.8) is 0 Å². The zero-order chi connectivity index (χ0) is 22.9. The molecule has 8 nitrogen and oxygen atoms in total. The van der Waals surface area contributed by atoms with Gasteiger partial charge in [0, 0.05) is 30.8 Å². The number of hydrogen-bond acceptors (Lipinski definition) is 7. The second-order valence-electron chi connectivity index (χ2n) is 9.03. The molecule has 4 rings (SSSR count). The van der Waals surface area contributed by atoms with E-state index in [0.29, 0.717) is 35.7 Å². The molecule has 0 bridgehead atoms. The molecule has 8 heteroatoms. The van der Waals surface area contributed by atoms with Crippen LogP contribution in [-0.2, 0) is 4.74 Å². The van der Waals surface area contributed by atoms with E-state index < -0.39 is 11.7 Å². The Bertz CT molecular complexity index is 1040. The summed E-state index contributed by atoms with van der Waals surface area (Å²) in [6.07, 6.45) is 0.308. The van der Waals surface area contributed by atoms with Gasteiger partial charge in [-0.1, -0.05) is 12.1 Å². The first-order valence-electron chi connectivity index (χ1n) is 10.6. The van der Waals surface area contributed by atoms with Crippen molar-refractivity contribution in [3.8, 4) is 23.3 Å². The number of nitriles is 1. The van der Waals surface area contributed by atoms with Crippen molar-refractivity contribution in [3.05, 3.63) is 53.1 Å². The van der Waals surface area contributed by atoms with Gasteiger partial charge < -0.3 is 24.6 Å². The number of phenolic OH excluding ortho intramolecular Hbond substituents is 1. The molecule has 1 fully saturated rings. The third-order valence-corrected chi connectivity index (χ3v) is 5.48. The van der Waals surface area contributed by atoms with Crippen LogP contribution >= 0.6 is 0 Å². The highest BCUT2D eigenvalue weighted by Gasteiger charge is 2.34. The van der Waals surface area contributed by atoms with Crippen LogP contribution in [0.15, 0.2) is 36.4 Å². The van der Waals surface area contributed by atoms with Gasteiger partial charge in [0.05, 0.1) is 17.7 Å². The number of rotatable bonds is 4. The van der Waals surface area contributed by atoms with E-state index in [1.54, 1.807) is 24.3 Å². The predicted octanol–water partition coefficient (Wildman–Crippen LogP) is 3.68. The quantitative estimate of drug-likeness (QED) is 0.752. The van der Waals surface area contributed by atoms with Gasteiger partial charge in [0.15, 0.2) is 11.5 Å². The molecule has 0 spiro atoms. The maximum Gasteiger partial charge on any atom is 0.407 e. The number of carbonyl (C=O) groups is 1. The van der Waals surface area contributed by atoms with Crippen LogP contribution in [0.4, 0.5) is 4.79 Å². The van der Waals surface area contributed by atoms with Crippen molar-refractivity contribution >= 4 is 6.09 Å². The largest absolute Gasteiger partial charge is 0.507 e. The number of phenols is 1. The Labute approximate surface area is 187 Å². The molecule has 32 heavy (non-hydrogen) atoms. The molecule has 1 saturated heterocycles. The van der Waals surface area contributed by atoms with Crippen LogP contribution in [0.25, 0.3) is 0 Å². The normalized spacial score (nSPS) is 18.8. The van der Waals surface area contributed by atoms with E-state index in [0.717, 1.165) is 12.0 Å². The molecule has 0 saturated carbocycles. The van der Waals surface area contributed by atoms with E-state index in [9.17, 15) is 9.90 Å². The van der Waals surface area contributed by atoms with Crippen molar-refractivity contribution in [2.75, 3.05) is 19.9 Å². The lowest BCUT2D eigenvalue weighted by molar-refractivity contribution is 0.0505. The molecule has 2 N–H and O–H groups in total. The summed E-state index contributed by atoms with van der Waals surface area (Å²) >= 11 is 0. The van der Waals surface area contributed by atoms with Crippen molar-refractivity contribution in [1.82, 2.24) is 10.2 Å². The van der Waals surface area contributed by atoms with Crippen molar-refractivity contribution in [2.45, 2.75) is 44.9 Å². The first-order chi connectivity index (χ1) is 15.2. The molecule has 2 aliphatic rings. The summed E-state index contributed by atoms with van der Waals surface area (Å²) in [4.78, 5) is 14.4. The van der Waals surface area contributed by atoms with E-state index in [1.807, 2.05) is 32.9 Å². The third-order valence-electron chi connectivity index (χ3n) is 5.48. The van der Waals surface area contributed by atoms with Gasteiger partial charge in [0.25, 0.3) is 0 Å². The number of alkyl carbamates (subject to hydrolysis) is 1. The highest BCUT2D eigenvalue weighted by Crippen LogP contribution is 2.43. The first kappa shape index (κ1) is 21.8. The molecule has 0 radical (unpaired) electrons. The lowest BCUT2D eigenvalue weighted by Gasteiger charge is -2.30. The molecule has 1 amide bonds. The molecular weight excluding hydrogens is 410 g/mol. The number of nitrogens with one attached hydrogen (secondary N) is 1. The van der Waals surface area contributed by atoms with E-state index >= 15 is 0 Å². The molecule has 2 atom stereocenters. The summed E-state index contributed by atoms with van der Waals surface area (Å²) in [5.41, 5.74) is 1.60. The van der Waals surface area contributed by atoms with E-state index in [1.165, 1.54) is 0 Å². The first-order valence-corrected chi connectivity index (χ1v) is 10.6. The number of aromatic hydroxyl groups is 1.